The molecule has 1 unspecified atom stereocenters. The Labute approximate surface area is 96.0 Å². The molecule has 0 aromatic heterocycles. The van der Waals surface area contributed by atoms with Crippen LogP contribution in [0.5, 0.6) is 0 Å². The number of rotatable bonds is 2. The Morgan fingerprint density at radius 1 is 1.44 bits per heavy atom. The van der Waals surface area contributed by atoms with Crippen molar-refractivity contribution in [3.8, 4) is 0 Å². The molecule has 1 atom stereocenters. The van der Waals surface area contributed by atoms with Gasteiger partial charge < -0.3 is 10.6 Å². The molecule has 5 heteroatoms. The first-order valence-electron chi connectivity index (χ1n) is 5.33. The van der Waals surface area contributed by atoms with Crippen molar-refractivity contribution in [1.29, 1.82) is 0 Å². The van der Waals surface area contributed by atoms with Crippen LogP contribution in [0.25, 0.3) is 0 Å². The molecule has 1 aromatic rings. The van der Waals surface area contributed by atoms with E-state index in [1.807, 2.05) is 24.0 Å². The van der Waals surface area contributed by atoms with E-state index in [2.05, 4.69) is 0 Å². The Hall–Kier alpha value is -1.07. The number of benzene rings is 1. The fraction of sp³-hybridized carbons (Fsp3) is 0.455. The first-order chi connectivity index (χ1) is 7.50. The van der Waals surface area contributed by atoms with E-state index in [9.17, 15) is 8.42 Å². The summed E-state index contributed by atoms with van der Waals surface area (Å²) in [6.45, 7) is 3.14. The van der Waals surface area contributed by atoms with Gasteiger partial charge >= 0.3 is 0 Å². The highest BCUT2D eigenvalue weighted by Gasteiger charge is 2.27. The van der Waals surface area contributed by atoms with Crippen LogP contribution in [0.15, 0.2) is 29.2 Å². The van der Waals surface area contributed by atoms with E-state index in [1.165, 1.54) is 0 Å². The summed E-state index contributed by atoms with van der Waals surface area (Å²) in [5, 5.41) is 0. The van der Waals surface area contributed by atoms with Gasteiger partial charge in [-0.3, -0.25) is 0 Å². The van der Waals surface area contributed by atoms with Crippen LogP contribution >= 0.6 is 0 Å². The van der Waals surface area contributed by atoms with Crippen LogP contribution in [-0.4, -0.2) is 33.3 Å². The highest BCUT2D eigenvalue weighted by Crippen LogP contribution is 2.29. The summed E-state index contributed by atoms with van der Waals surface area (Å²) in [4.78, 5) is 2.48. The van der Waals surface area contributed by atoms with E-state index in [1.54, 1.807) is 12.1 Å². The maximum absolute atomic E-state index is 11.8. The maximum atomic E-state index is 11.8. The lowest BCUT2D eigenvalue weighted by Gasteiger charge is -2.32. The topological polar surface area (TPSA) is 63.4 Å². The first kappa shape index (κ1) is 11.4. The van der Waals surface area contributed by atoms with Crippen LogP contribution in [-0.2, 0) is 9.84 Å². The molecule has 0 bridgehead atoms. The number of nitrogens with zero attached hydrogens (tertiary/aromatic N) is 1. The highest BCUT2D eigenvalue weighted by atomic mass is 32.2. The molecule has 2 N–H and O–H groups in total. The van der Waals surface area contributed by atoms with Gasteiger partial charge in [0.15, 0.2) is 9.84 Å². The third-order valence-corrected chi connectivity index (χ3v) is 4.41. The molecule has 0 amide bonds. The third kappa shape index (κ3) is 2.05. The van der Waals surface area contributed by atoms with Crippen molar-refractivity contribution in [3.63, 3.8) is 0 Å². The number of nitrogens with two attached hydrogens (primary N) is 1. The van der Waals surface area contributed by atoms with Crippen molar-refractivity contribution >= 4 is 15.5 Å². The van der Waals surface area contributed by atoms with E-state index >= 15 is 0 Å². The molecule has 1 heterocycles. The molecule has 0 saturated heterocycles. The second kappa shape index (κ2) is 4.07. The molecular formula is C11H16N2O2S. The average molecular weight is 240 g/mol. The van der Waals surface area contributed by atoms with E-state index < -0.39 is 9.84 Å². The minimum Gasteiger partial charge on any atom is -0.368 e. The van der Waals surface area contributed by atoms with E-state index in [-0.39, 0.29) is 11.8 Å². The van der Waals surface area contributed by atoms with Gasteiger partial charge in [0.25, 0.3) is 0 Å². The molecule has 1 aliphatic rings. The lowest BCUT2D eigenvalue weighted by Crippen LogP contribution is -2.41. The molecule has 88 valence electrons. The zero-order valence-electron chi connectivity index (χ0n) is 9.26. The minimum absolute atomic E-state index is 0.0360. The lowest BCUT2D eigenvalue weighted by molar-refractivity contribution is 0.585. The average Bonchev–Trinajstić information content (AvgIpc) is 2.23. The fourth-order valence-electron chi connectivity index (χ4n) is 1.98. The Bertz CT molecular complexity index is 483. The van der Waals surface area contributed by atoms with Crippen LogP contribution in [0.1, 0.15) is 6.92 Å². The zero-order valence-corrected chi connectivity index (χ0v) is 10.1. The van der Waals surface area contributed by atoms with E-state index in [4.69, 9.17) is 5.73 Å². The van der Waals surface area contributed by atoms with Gasteiger partial charge in [-0.25, -0.2) is 8.42 Å². The van der Waals surface area contributed by atoms with Crippen LogP contribution in [0.3, 0.4) is 0 Å². The zero-order chi connectivity index (χ0) is 11.8. The van der Waals surface area contributed by atoms with Gasteiger partial charge in [0.05, 0.1) is 16.3 Å². The molecule has 16 heavy (non-hydrogen) atoms. The summed E-state index contributed by atoms with van der Waals surface area (Å²) in [5.74, 6) is 0.177. The van der Waals surface area contributed by atoms with Gasteiger partial charge in [-0.1, -0.05) is 12.1 Å². The Morgan fingerprint density at radius 3 is 2.81 bits per heavy atom. The summed E-state index contributed by atoms with van der Waals surface area (Å²) < 4.78 is 23.7. The summed E-state index contributed by atoms with van der Waals surface area (Å²) >= 11 is 0. The number of hydrogen-bond acceptors (Lipinski definition) is 4. The normalized spacial score (nSPS) is 20.2. The molecule has 0 fully saturated rings. The van der Waals surface area contributed by atoms with Gasteiger partial charge in [-0.15, -0.1) is 0 Å². The standard InChI is InChI=1S/C11H16N2O2S/c1-9(12)8-13-6-7-16(14,15)11-5-3-2-4-10(11)13/h2-5,9H,6-8,12H2,1H3. The number of para-hydroxylation sites is 1. The van der Waals surface area contributed by atoms with Crippen molar-refractivity contribution in [2.75, 3.05) is 23.7 Å². The van der Waals surface area contributed by atoms with Gasteiger partial charge in [-0.05, 0) is 19.1 Å². The quantitative estimate of drug-likeness (QED) is 0.823. The molecular weight excluding hydrogens is 224 g/mol. The van der Waals surface area contributed by atoms with Crippen LogP contribution < -0.4 is 10.6 Å². The molecule has 0 aliphatic carbocycles. The second-order valence-electron chi connectivity index (χ2n) is 4.21. The number of sulfone groups is 1. The van der Waals surface area contributed by atoms with Crippen molar-refractivity contribution in [2.45, 2.75) is 17.9 Å². The Kier molecular flexibility index (Phi) is 2.90. The van der Waals surface area contributed by atoms with Gasteiger partial charge in [0.1, 0.15) is 0 Å². The van der Waals surface area contributed by atoms with Gasteiger partial charge in [0.2, 0.25) is 0 Å². The van der Waals surface area contributed by atoms with Gasteiger partial charge in [-0.2, -0.15) is 0 Å². The van der Waals surface area contributed by atoms with Crippen LogP contribution in [0, 0.1) is 0 Å². The lowest BCUT2D eigenvalue weighted by atomic mass is 10.2. The summed E-state index contributed by atoms with van der Waals surface area (Å²) in [6.07, 6.45) is 0. The SMILES string of the molecule is CC(N)CN1CCS(=O)(=O)c2ccccc21. The molecule has 1 aliphatic heterocycles. The van der Waals surface area contributed by atoms with E-state index in [0.717, 1.165) is 5.69 Å². The maximum Gasteiger partial charge on any atom is 0.182 e. The molecule has 1 aromatic carbocycles. The Balaban J connectivity index is 2.43. The first-order valence-corrected chi connectivity index (χ1v) is 6.98. The van der Waals surface area contributed by atoms with Crippen molar-refractivity contribution < 1.29 is 8.42 Å². The summed E-state index contributed by atoms with van der Waals surface area (Å²) in [5.41, 5.74) is 6.54. The van der Waals surface area contributed by atoms with Crippen LogP contribution in [0.2, 0.25) is 0 Å². The van der Waals surface area contributed by atoms with Crippen LogP contribution in [0.4, 0.5) is 5.69 Å². The molecule has 4 nitrogen and oxygen atoms in total. The monoisotopic (exact) mass is 240 g/mol. The predicted molar refractivity (Wildman–Crippen MR) is 64.4 cm³/mol. The molecule has 0 spiro atoms. The smallest absolute Gasteiger partial charge is 0.182 e. The highest BCUT2D eigenvalue weighted by molar-refractivity contribution is 7.91. The molecule has 0 saturated carbocycles. The summed E-state index contributed by atoms with van der Waals surface area (Å²) in [7, 11) is -3.09. The predicted octanol–water partition coefficient (Wildman–Crippen LogP) is 0.628. The second-order valence-corrected chi connectivity index (χ2v) is 6.29. The van der Waals surface area contributed by atoms with Crippen molar-refractivity contribution in [3.05, 3.63) is 24.3 Å². The molecule has 0 radical (unpaired) electrons. The fourth-order valence-corrected chi connectivity index (χ4v) is 3.46. The molecule has 2 rings (SSSR count). The minimum atomic E-state index is -3.09. The van der Waals surface area contributed by atoms with Crippen molar-refractivity contribution in [2.24, 2.45) is 5.73 Å². The Morgan fingerprint density at radius 2 is 2.12 bits per heavy atom. The number of anilines is 1. The third-order valence-electron chi connectivity index (χ3n) is 2.68. The summed E-state index contributed by atoms with van der Waals surface area (Å²) in [6, 6.07) is 7.15. The van der Waals surface area contributed by atoms with Crippen molar-refractivity contribution in [1.82, 2.24) is 0 Å². The number of hydrogen-bond donors (Lipinski definition) is 1. The number of fused-ring (bicyclic) bond motifs is 1. The van der Waals surface area contributed by atoms with E-state index in [0.29, 0.717) is 18.0 Å². The van der Waals surface area contributed by atoms with Gasteiger partial charge in [0, 0.05) is 19.1 Å². The largest absolute Gasteiger partial charge is 0.368 e.